The number of aliphatic hydroxyl groups excluding tert-OH is 2. The molecule has 226 valence electrons. The van der Waals surface area contributed by atoms with Gasteiger partial charge in [-0.15, -0.1) is 22.7 Å². The minimum atomic E-state index is -0.388. The van der Waals surface area contributed by atoms with Crippen molar-refractivity contribution in [2.75, 3.05) is 0 Å². The third kappa shape index (κ3) is 8.89. The molecule has 2 N–H and O–H groups in total. The minimum Gasteiger partial charge on any atom is -0.388 e. The van der Waals surface area contributed by atoms with Crippen LogP contribution in [-0.4, -0.2) is 10.2 Å². The van der Waals surface area contributed by atoms with Crippen LogP contribution in [0.4, 0.5) is 0 Å². The Balaban J connectivity index is 1.38. The molecule has 3 unspecified atom stereocenters. The van der Waals surface area contributed by atoms with Crippen LogP contribution in [0.2, 0.25) is 0 Å². The maximum Gasteiger partial charge on any atom is 0.0792 e. The molecule has 4 rings (SSSR count). The highest BCUT2D eigenvalue weighted by molar-refractivity contribution is 7.25. The van der Waals surface area contributed by atoms with Crippen molar-refractivity contribution in [3.8, 4) is 30.6 Å². The molecule has 2 nitrogen and oxygen atoms in total. The van der Waals surface area contributed by atoms with Gasteiger partial charge in [0.15, 0.2) is 0 Å². The molecule has 0 aliphatic rings. The summed E-state index contributed by atoms with van der Waals surface area (Å²) in [5, 5.41) is 21.7. The quantitative estimate of drug-likeness (QED) is 0.126. The molecule has 2 aromatic carbocycles. The van der Waals surface area contributed by atoms with Gasteiger partial charge in [0.2, 0.25) is 0 Å². The van der Waals surface area contributed by atoms with Crippen molar-refractivity contribution in [1.29, 1.82) is 0 Å². The van der Waals surface area contributed by atoms with Crippen molar-refractivity contribution in [3.05, 3.63) is 83.9 Å². The highest BCUT2D eigenvalue weighted by atomic mass is 32.1. The van der Waals surface area contributed by atoms with Gasteiger partial charge < -0.3 is 10.2 Å². The van der Waals surface area contributed by atoms with Gasteiger partial charge in [-0.3, -0.25) is 0 Å². The maximum absolute atomic E-state index is 10.8. The van der Waals surface area contributed by atoms with E-state index in [-0.39, 0.29) is 12.2 Å². The summed E-state index contributed by atoms with van der Waals surface area (Å²) in [5.41, 5.74) is 4.44. The normalized spacial score (nSPS) is 14.5. The summed E-state index contributed by atoms with van der Waals surface area (Å²) in [4.78, 5) is 5.05. The van der Waals surface area contributed by atoms with Crippen LogP contribution >= 0.6 is 22.7 Å². The molecule has 4 aromatic rings. The van der Waals surface area contributed by atoms with Gasteiger partial charge in [0, 0.05) is 19.5 Å². The summed E-state index contributed by atoms with van der Waals surface area (Å²) in [7, 11) is 0. The molecule has 0 amide bonds. The standard InChI is InChI=1S/C38H50O2S2/c1-5-9-11-27(7-3)25-33(39)29-13-17-31(18-14-29)35-21-23-37(41-35)38-24-22-36(42-38)32-19-15-30(16-20-32)34(40)26-28(8-4)12-10-6-2/h13-24,27-28,33-34,39-40H,5-12,25-26H2,1-4H3/t27-,28?,33?,34?/m1/s1. The summed E-state index contributed by atoms with van der Waals surface area (Å²) in [6, 6.07) is 25.9. The van der Waals surface area contributed by atoms with Crippen molar-refractivity contribution in [1.82, 2.24) is 0 Å². The molecule has 0 fully saturated rings. The fourth-order valence-corrected chi connectivity index (χ4v) is 7.97. The van der Waals surface area contributed by atoms with Crippen LogP contribution in [0.25, 0.3) is 30.6 Å². The first-order chi connectivity index (χ1) is 20.4. The van der Waals surface area contributed by atoms with E-state index in [0.29, 0.717) is 11.8 Å². The Morgan fingerprint density at radius 2 is 0.857 bits per heavy atom. The van der Waals surface area contributed by atoms with Crippen molar-refractivity contribution in [2.45, 2.75) is 104 Å². The van der Waals surface area contributed by atoms with Crippen LogP contribution in [0.3, 0.4) is 0 Å². The molecular formula is C38H50O2S2. The minimum absolute atomic E-state index is 0.388. The Morgan fingerprint density at radius 3 is 1.19 bits per heavy atom. The summed E-state index contributed by atoms with van der Waals surface area (Å²) in [6.45, 7) is 8.94. The van der Waals surface area contributed by atoms with E-state index in [0.717, 1.165) is 36.8 Å². The van der Waals surface area contributed by atoms with Crippen molar-refractivity contribution < 1.29 is 10.2 Å². The van der Waals surface area contributed by atoms with E-state index < -0.39 is 0 Å². The molecular weight excluding hydrogens is 553 g/mol. The van der Waals surface area contributed by atoms with Crippen molar-refractivity contribution in [3.63, 3.8) is 0 Å². The van der Waals surface area contributed by atoms with E-state index >= 15 is 0 Å². The lowest BCUT2D eigenvalue weighted by Crippen LogP contribution is -2.07. The Morgan fingerprint density at radius 1 is 0.500 bits per heavy atom. The van der Waals surface area contributed by atoms with E-state index in [1.54, 1.807) is 0 Å². The highest BCUT2D eigenvalue weighted by Crippen LogP contribution is 2.41. The summed E-state index contributed by atoms with van der Waals surface area (Å²) in [5.74, 6) is 1.18. The lowest BCUT2D eigenvalue weighted by atomic mass is 9.90. The Labute approximate surface area is 262 Å². The first-order valence-corrected chi connectivity index (χ1v) is 17.9. The summed E-state index contributed by atoms with van der Waals surface area (Å²) >= 11 is 3.64. The molecule has 2 heterocycles. The number of rotatable bonds is 17. The van der Waals surface area contributed by atoms with Gasteiger partial charge in [-0.1, -0.05) is 128 Å². The number of unbranched alkanes of at least 4 members (excludes halogenated alkanes) is 2. The van der Waals surface area contributed by atoms with Crippen LogP contribution in [0.15, 0.2) is 72.8 Å². The smallest absolute Gasteiger partial charge is 0.0792 e. The number of aliphatic hydroxyl groups is 2. The van der Waals surface area contributed by atoms with Gasteiger partial charge in [-0.25, -0.2) is 0 Å². The van der Waals surface area contributed by atoms with Gasteiger partial charge in [0.25, 0.3) is 0 Å². The molecule has 0 saturated heterocycles. The zero-order chi connectivity index (χ0) is 29.9. The molecule has 0 saturated carbocycles. The van der Waals surface area contributed by atoms with Crippen LogP contribution < -0.4 is 0 Å². The number of benzene rings is 2. The molecule has 0 aliphatic carbocycles. The van der Waals surface area contributed by atoms with E-state index in [2.05, 4.69) is 100 Å². The molecule has 0 spiro atoms. The van der Waals surface area contributed by atoms with Crippen molar-refractivity contribution >= 4 is 22.7 Å². The first kappa shape index (κ1) is 32.7. The van der Waals surface area contributed by atoms with E-state index in [4.69, 9.17) is 0 Å². The molecule has 0 bridgehead atoms. The summed E-state index contributed by atoms with van der Waals surface area (Å²) in [6.07, 6.45) is 10.5. The maximum atomic E-state index is 10.8. The summed E-state index contributed by atoms with van der Waals surface area (Å²) < 4.78 is 0. The molecule has 4 atom stereocenters. The molecule has 4 heteroatoms. The van der Waals surface area contributed by atoms with Crippen LogP contribution in [0, 0.1) is 11.8 Å². The second-order valence-electron chi connectivity index (χ2n) is 11.9. The van der Waals surface area contributed by atoms with Crippen LogP contribution in [0.1, 0.15) is 115 Å². The zero-order valence-corrected chi connectivity index (χ0v) is 27.7. The average molecular weight is 603 g/mol. The number of hydrogen-bond donors (Lipinski definition) is 2. The predicted molar refractivity (Wildman–Crippen MR) is 184 cm³/mol. The van der Waals surface area contributed by atoms with Crippen LogP contribution in [-0.2, 0) is 0 Å². The van der Waals surface area contributed by atoms with E-state index in [1.165, 1.54) is 69.2 Å². The number of thiophene rings is 2. The first-order valence-electron chi connectivity index (χ1n) is 16.2. The SMILES string of the molecule is CCCCC(CC)CC(O)c1ccc(-c2ccc(-c3ccc(-c4ccc(C(O)C[C@H](CC)CCCC)cc4)s3)s2)cc1. The van der Waals surface area contributed by atoms with Gasteiger partial charge in [-0.05, 0) is 71.2 Å². The Hall–Kier alpha value is -2.24. The third-order valence-corrected chi connectivity index (χ3v) is 11.3. The number of hydrogen-bond acceptors (Lipinski definition) is 4. The molecule has 0 radical (unpaired) electrons. The topological polar surface area (TPSA) is 40.5 Å². The Kier molecular flexibility index (Phi) is 12.9. The molecule has 42 heavy (non-hydrogen) atoms. The highest BCUT2D eigenvalue weighted by Gasteiger charge is 2.17. The van der Waals surface area contributed by atoms with E-state index in [1.807, 2.05) is 22.7 Å². The zero-order valence-electron chi connectivity index (χ0n) is 26.0. The lowest BCUT2D eigenvalue weighted by molar-refractivity contribution is 0.139. The van der Waals surface area contributed by atoms with Gasteiger partial charge in [0.05, 0.1) is 12.2 Å². The monoisotopic (exact) mass is 602 g/mol. The largest absolute Gasteiger partial charge is 0.388 e. The molecule has 2 aromatic heterocycles. The van der Waals surface area contributed by atoms with Gasteiger partial charge >= 0.3 is 0 Å². The lowest BCUT2D eigenvalue weighted by Gasteiger charge is -2.19. The van der Waals surface area contributed by atoms with Gasteiger partial charge in [0.1, 0.15) is 0 Å². The second kappa shape index (κ2) is 16.6. The fraction of sp³-hybridized carbons (Fsp3) is 0.474. The fourth-order valence-electron chi connectivity index (χ4n) is 5.86. The van der Waals surface area contributed by atoms with Gasteiger partial charge in [-0.2, -0.15) is 0 Å². The second-order valence-corrected chi connectivity index (χ2v) is 14.1. The Bertz CT molecular complexity index is 1210. The average Bonchev–Trinajstić information content (AvgIpc) is 3.72. The predicted octanol–water partition coefficient (Wildman–Crippen LogP) is 12.1. The van der Waals surface area contributed by atoms with Crippen LogP contribution in [0.5, 0.6) is 0 Å². The van der Waals surface area contributed by atoms with E-state index in [9.17, 15) is 10.2 Å². The van der Waals surface area contributed by atoms with Crippen molar-refractivity contribution in [2.24, 2.45) is 11.8 Å². The molecule has 0 aliphatic heterocycles. The third-order valence-electron chi connectivity index (χ3n) is 8.81.